The van der Waals surface area contributed by atoms with Crippen LogP contribution in [0.25, 0.3) is 22.1 Å². The summed E-state index contributed by atoms with van der Waals surface area (Å²) in [6.45, 7) is 2.01. The lowest BCUT2D eigenvalue weighted by Crippen LogP contribution is -2.25. The highest BCUT2D eigenvalue weighted by atomic mass is 16.5. The van der Waals surface area contributed by atoms with E-state index in [0.29, 0.717) is 22.9 Å². The first-order valence-corrected chi connectivity index (χ1v) is 8.92. The molecule has 0 radical (unpaired) electrons. The van der Waals surface area contributed by atoms with Gasteiger partial charge in [-0.05, 0) is 60.7 Å². The van der Waals surface area contributed by atoms with Crippen molar-refractivity contribution in [2.75, 3.05) is 7.11 Å². The minimum absolute atomic E-state index is 0.0418. The van der Waals surface area contributed by atoms with Crippen LogP contribution in [0.15, 0.2) is 40.9 Å². The number of hydrogen-bond donors (Lipinski definition) is 1. The lowest BCUT2D eigenvalue weighted by Gasteiger charge is -2.10. The van der Waals surface area contributed by atoms with E-state index in [1.807, 2.05) is 43.3 Å². The van der Waals surface area contributed by atoms with Gasteiger partial charge in [-0.15, -0.1) is 0 Å². The van der Waals surface area contributed by atoms with Crippen molar-refractivity contribution in [2.24, 2.45) is 0 Å². The molecule has 0 spiro atoms. The van der Waals surface area contributed by atoms with Gasteiger partial charge < -0.3 is 14.6 Å². The minimum atomic E-state index is -0.362. The van der Waals surface area contributed by atoms with Crippen LogP contribution in [0.4, 0.5) is 0 Å². The van der Waals surface area contributed by atoms with Crippen LogP contribution in [0.1, 0.15) is 34.5 Å². The quantitative estimate of drug-likeness (QED) is 0.702. The maximum Gasteiger partial charge on any atom is 0.311 e. The normalized spacial score (nSPS) is 13.6. The summed E-state index contributed by atoms with van der Waals surface area (Å²) in [7, 11) is 1.35. The van der Waals surface area contributed by atoms with Gasteiger partial charge in [-0.25, -0.2) is 0 Å². The van der Waals surface area contributed by atoms with Crippen molar-refractivity contribution in [3.8, 4) is 11.1 Å². The number of esters is 1. The number of carbonyl (C=O) groups is 2. The summed E-state index contributed by atoms with van der Waals surface area (Å²) in [4.78, 5) is 23.8. The summed E-state index contributed by atoms with van der Waals surface area (Å²) in [5.74, 6) is -0.403. The molecule has 0 bridgehead atoms. The van der Waals surface area contributed by atoms with Crippen LogP contribution in [-0.4, -0.2) is 30.2 Å². The average Bonchev–Trinajstić information content (AvgIpc) is 3.40. The van der Waals surface area contributed by atoms with Crippen LogP contribution in [0.3, 0.4) is 0 Å². The maximum atomic E-state index is 12.4. The Kier molecular flexibility index (Phi) is 4.39. The Morgan fingerprint density at radius 3 is 2.78 bits per heavy atom. The molecule has 0 atom stereocenters. The van der Waals surface area contributed by atoms with Gasteiger partial charge in [0.2, 0.25) is 0 Å². The minimum Gasteiger partial charge on any atom is -0.469 e. The Balaban J connectivity index is 1.67. The standard InChI is InChI=1S/C21H20N2O4/c1-12-3-4-14(21(25)22-15-6-7-15)9-17(12)13-5-8-16-18(11-20(24)26-2)23-27-19(16)10-13/h3-5,8-10,15H,6-7,11H2,1-2H3,(H,22,25). The Labute approximate surface area is 156 Å². The van der Waals surface area contributed by atoms with E-state index in [-0.39, 0.29) is 18.3 Å². The van der Waals surface area contributed by atoms with E-state index in [9.17, 15) is 9.59 Å². The van der Waals surface area contributed by atoms with Crippen molar-refractivity contribution >= 4 is 22.8 Å². The monoisotopic (exact) mass is 364 g/mol. The first kappa shape index (κ1) is 17.3. The van der Waals surface area contributed by atoms with Gasteiger partial charge in [0.1, 0.15) is 5.69 Å². The highest BCUT2D eigenvalue weighted by molar-refractivity contribution is 5.96. The molecule has 1 saturated carbocycles. The Morgan fingerprint density at radius 2 is 2.04 bits per heavy atom. The van der Waals surface area contributed by atoms with Crippen LogP contribution in [0, 0.1) is 6.92 Å². The molecule has 0 saturated heterocycles. The lowest BCUT2D eigenvalue weighted by molar-refractivity contribution is -0.139. The van der Waals surface area contributed by atoms with Crippen molar-refractivity contribution in [1.29, 1.82) is 0 Å². The number of nitrogens with one attached hydrogen (secondary N) is 1. The summed E-state index contributed by atoms with van der Waals surface area (Å²) < 4.78 is 10.1. The summed E-state index contributed by atoms with van der Waals surface area (Å²) in [5.41, 5.74) is 4.75. The number of ether oxygens (including phenoxy) is 1. The number of amides is 1. The number of hydrogen-bond acceptors (Lipinski definition) is 5. The predicted molar refractivity (Wildman–Crippen MR) is 100 cm³/mol. The van der Waals surface area contributed by atoms with Crippen molar-refractivity contribution in [3.63, 3.8) is 0 Å². The Bertz CT molecular complexity index is 1030. The number of aromatic nitrogens is 1. The fraction of sp³-hybridized carbons (Fsp3) is 0.286. The number of rotatable bonds is 5. The van der Waals surface area contributed by atoms with E-state index >= 15 is 0 Å². The summed E-state index contributed by atoms with van der Waals surface area (Å²) in [6, 6.07) is 11.7. The van der Waals surface area contributed by atoms with Crippen molar-refractivity contribution in [1.82, 2.24) is 10.5 Å². The molecule has 138 valence electrons. The molecule has 1 aliphatic rings. The molecule has 1 amide bonds. The van der Waals surface area contributed by atoms with Crippen LogP contribution in [0.2, 0.25) is 0 Å². The number of fused-ring (bicyclic) bond motifs is 1. The lowest BCUT2D eigenvalue weighted by atomic mass is 9.97. The first-order valence-electron chi connectivity index (χ1n) is 8.92. The highest BCUT2D eigenvalue weighted by Crippen LogP contribution is 2.30. The van der Waals surface area contributed by atoms with Crippen molar-refractivity contribution in [2.45, 2.75) is 32.2 Å². The SMILES string of the molecule is COC(=O)Cc1noc2cc(-c3cc(C(=O)NC4CC4)ccc3C)ccc12. The molecule has 6 nitrogen and oxygen atoms in total. The molecular formula is C21H20N2O4. The molecule has 0 unspecified atom stereocenters. The number of carbonyl (C=O) groups excluding carboxylic acids is 2. The zero-order chi connectivity index (χ0) is 19.0. The van der Waals surface area contributed by atoms with E-state index < -0.39 is 0 Å². The van der Waals surface area contributed by atoms with Gasteiger partial charge in [-0.3, -0.25) is 9.59 Å². The number of methoxy groups -OCH3 is 1. The first-order chi connectivity index (χ1) is 13.0. The molecule has 1 aromatic heterocycles. The van der Waals surface area contributed by atoms with Crippen LogP contribution >= 0.6 is 0 Å². The summed E-state index contributed by atoms with van der Waals surface area (Å²) in [6.07, 6.45) is 2.18. The molecule has 3 aromatic rings. The molecule has 1 fully saturated rings. The summed E-state index contributed by atoms with van der Waals surface area (Å²) in [5, 5.41) is 7.78. The molecule has 1 aliphatic carbocycles. The third-order valence-electron chi connectivity index (χ3n) is 4.81. The molecule has 6 heteroatoms. The van der Waals surface area contributed by atoms with E-state index in [0.717, 1.165) is 34.9 Å². The van der Waals surface area contributed by atoms with Crippen molar-refractivity contribution in [3.05, 3.63) is 53.2 Å². The van der Waals surface area contributed by atoms with Crippen LogP contribution in [0.5, 0.6) is 0 Å². The van der Waals surface area contributed by atoms with Gasteiger partial charge in [-0.1, -0.05) is 17.3 Å². The topological polar surface area (TPSA) is 81.4 Å². The highest BCUT2D eigenvalue weighted by Gasteiger charge is 2.24. The fourth-order valence-electron chi connectivity index (χ4n) is 3.06. The Hall–Kier alpha value is -3.15. The van der Waals surface area contributed by atoms with E-state index in [1.54, 1.807) is 0 Å². The molecule has 1 heterocycles. The smallest absolute Gasteiger partial charge is 0.311 e. The average molecular weight is 364 g/mol. The number of aryl methyl sites for hydroxylation is 1. The van der Waals surface area contributed by atoms with Gasteiger partial charge in [0.25, 0.3) is 5.91 Å². The molecule has 2 aromatic carbocycles. The Morgan fingerprint density at radius 1 is 1.22 bits per heavy atom. The second kappa shape index (κ2) is 6.87. The molecular weight excluding hydrogens is 344 g/mol. The largest absolute Gasteiger partial charge is 0.469 e. The molecule has 0 aliphatic heterocycles. The van der Waals surface area contributed by atoms with Gasteiger partial charge in [0.05, 0.1) is 13.5 Å². The maximum absolute atomic E-state index is 12.4. The van der Waals surface area contributed by atoms with Gasteiger partial charge in [-0.2, -0.15) is 0 Å². The number of benzene rings is 2. The van der Waals surface area contributed by atoms with Crippen LogP contribution < -0.4 is 5.32 Å². The molecule has 4 rings (SSSR count). The van der Waals surface area contributed by atoms with E-state index in [2.05, 4.69) is 10.5 Å². The number of nitrogens with zero attached hydrogens (tertiary/aromatic N) is 1. The van der Waals surface area contributed by atoms with Gasteiger partial charge in [0.15, 0.2) is 5.58 Å². The van der Waals surface area contributed by atoms with Gasteiger partial charge >= 0.3 is 5.97 Å². The van der Waals surface area contributed by atoms with Crippen molar-refractivity contribution < 1.29 is 18.8 Å². The predicted octanol–water partition coefficient (Wildman–Crippen LogP) is 3.41. The third-order valence-corrected chi connectivity index (χ3v) is 4.81. The second-order valence-corrected chi connectivity index (χ2v) is 6.87. The fourth-order valence-corrected chi connectivity index (χ4v) is 3.06. The zero-order valence-corrected chi connectivity index (χ0v) is 15.2. The third kappa shape index (κ3) is 3.56. The van der Waals surface area contributed by atoms with Gasteiger partial charge in [0, 0.05) is 17.0 Å². The van der Waals surface area contributed by atoms with E-state index in [4.69, 9.17) is 9.26 Å². The van der Waals surface area contributed by atoms with E-state index in [1.165, 1.54) is 7.11 Å². The van der Waals surface area contributed by atoms with Crippen LogP contribution in [-0.2, 0) is 16.0 Å². The zero-order valence-electron chi connectivity index (χ0n) is 15.2. The molecule has 1 N–H and O–H groups in total. The molecule has 27 heavy (non-hydrogen) atoms. The summed E-state index contributed by atoms with van der Waals surface area (Å²) >= 11 is 0. The second-order valence-electron chi connectivity index (χ2n) is 6.87.